The van der Waals surface area contributed by atoms with Gasteiger partial charge in [-0.25, -0.2) is 5.43 Å². The lowest BCUT2D eigenvalue weighted by Crippen LogP contribution is -2.29. The number of benzene rings is 2. The van der Waals surface area contributed by atoms with E-state index < -0.39 is 0 Å². The molecule has 0 saturated carbocycles. The van der Waals surface area contributed by atoms with Gasteiger partial charge in [0.05, 0.1) is 13.2 Å². The van der Waals surface area contributed by atoms with Crippen LogP contribution in [0.5, 0.6) is 5.75 Å². The molecular formula is C15H17ClN2O. The summed E-state index contributed by atoms with van der Waals surface area (Å²) in [6.45, 7) is 1.98. The van der Waals surface area contributed by atoms with Crippen LogP contribution >= 0.6 is 11.6 Å². The highest BCUT2D eigenvalue weighted by molar-refractivity contribution is 6.32. The fraction of sp³-hybridized carbons (Fsp3) is 0.200. The van der Waals surface area contributed by atoms with E-state index in [-0.39, 0.29) is 6.04 Å². The van der Waals surface area contributed by atoms with Crippen LogP contribution in [0.2, 0.25) is 5.02 Å². The summed E-state index contributed by atoms with van der Waals surface area (Å²) < 4.78 is 5.15. The Labute approximate surface area is 118 Å². The van der Waals surface area contributed by atoms with Gasteiger partial charge in [0.2, 0.25) is 0 Å². The van der Waals surface area contributed by atoms with Crippen molar-refractivity contribution >= 4 is 11.6 Å². The molecule has 2 aromatic carbocycles. The van der Waals surface area contributed by atoms with Gasteiger partial charge >= 0.3 is 0 Å². The molecule has 0 aliphatic heterocycles. The molecule has 0 bridgehead atoms. The van der Waals surface area contributed by atoms with Crippen LogP contribution in [-0.4, -0.2) is 7.11 Å². The molecular weight excluding hydrogens is 260 g/mol. The zero-order valence-electron chi connectivity index (χ0n) is 11.0. The number of nitrogens with two attached hydrogens (primary N) is 1. The molecule has 2 rings (SSSR count). The fourth-order valence-corrected chi connectivity index (χ4v) is 2.29. The van der Waals surface area contributed by atoms with Gasteiger partial charge in [0.1, 0.15) is 5.75 Å². The predicted octanol–water partition coefficient (Wildman–Crippen LogP) is 3.21. The zero-order valence-corrected chi connectivity index (χ0v) is 11.7. The van der Waals surface area contributed by atoms with E-state index in [1.165, 1.54) is 0 Å². The molecule has 0 aliphatic rings. The molecule has 0 radical (unpaired) electrons. The van der Waals surface area contributed by atoms with Gasteiger partial charge in [-0.05, 0) is 35.7 Å². The first-order chi connectivity index (χ1) is 9.17. The number of rotatable bonds is 4. The first-order valence-electron chi connectivity index (χ1n) is 6.02. The molecule has 1 unspecified atom stereocenters. The standard InChI is InChI=1S/C15H17ClN2O/c1-10-4-3-5-13(14(10)16)15(18-17)11-6-8-12(19-2)9-7-11/h3-9,15,18H,17H2,1-2H3. The molecule has 0 saturated heterocycles. The Balaban J connectivity index is 2.40. The Morgan fingerprint density at radius 1 is 1.16 bits per heavy atom. The predicted molar refractivity (Wildman–Crippen MR) is 78.3 cm³/mol. The molecule has 1 atom stereocenters. The minimum Gasteiger partial charge on any atom is -0.497 e. The number of hydrogen-bond donors (Lipinski definition) is 2. The third-order valence-corrected chi connectivity index (χ3v) is 3.66. The van der Waals surface area contributed by atoms with Gasteiger partial charge in [-0.15, -0.1) is 0 Å². The van der Waals surface area contributed by atoms with E-state index in [0.29, 0.717) is 0 Å². The average Bonchev–Trinajstić information content (AvgIpc) is 2.45. The van der Waals surface area contributed by atoms with Gasteiger partial charge in [0.15, 0.2) is 0 Å². The smallest absolute Gasteiger partial charge is 0.118 e. The number of methoxy groups -OCH3 is 1. The van der Waals surface area contributed by atoms with Crippen molar-refractivity contribution in [2.75, 3.05) is 7.11 Å². The monoisotopic (exact) mass is 276 g/mol. The van der Waals surface area contributed by atoms with Crippen molar-refractivity contribution in [3.05, 3.63) is 64.2 Å². The lowest BCUT2D eigenvalue weighted by molar-refractivity contribution is 0.414. The Morgan fingerprint density at radius 2 is 1.84 bits per heavy atom. The SMILES string of the molecule is COc1ccc(C(NN)c2cccc(C)c2Cl)cc1. The Bertz CT molecular complexity index is 555. The molecule has 19 heavy (non-hydrogen) atoms. The fourth-order valence-electron chi connectivity index (χ4n) is 2.05. The topological polar surface area (TPSA) is 47.3 Å². The number of hydrazine groups is 1. The van der Waals surface area contributed by atoms with Gasteiger partial charge in [0, 0.05) is 5.02 Å². The van der Waals surface area contributed by atoms with Crippen LogP contribution in [0.1, 0.15) is 22.7 Å². The van der Waals surface area contributed by atoms with E-state index in [4.69, 9.17) is 22.2 Å². The molecule has 4 heteroatoms. The molecule has 2 aromatic rings. The maximum atomic E-state index is 6.35. The largest absolute Gasteiger partial charge is 0.497 e. The molecule has 100 valence electrons. The summed E-state index contributed by atoms with van der Waals surface area (Å²) in [6, 6.07) is 13.6. The van der Waals surface area contributed by atoms with Gasteiger partial charge in [-0.3, -0.25) is 5.84 Å². The number of nitrogens with one attached hydrogen (secondary N) is 1. The number of hydrogen-bond acceptors (Lipinski definition) is 3. The van der Waals surface area contributed by atoms with E-state index >= 15 is 0 Å². The van der Waals surface area contributed by atoms with Crippen LogP contribution in [0.4, 0.5) is 0 Å². The van der Waals surface area contributed by atoms with Gasteiger partial charge < -0.3 is 4.74 Å². The highest BCUT2D eigenvalue weighted by atomic mass is 35.5. The van der Waals surface area contributed by atoms with Crippen molar-refractivity contribution in [1.82, 2.24) is 5.43 Å². The Hall–Kier alpha value is -1.55. The molecule has 3 N–H and O–H groups in total. The first-order valence-corrected chi connectivity index (χ1v) is 6.40. The van der Waals surface area contributed by atoms with Crippen LogP contribution in [-0.2, 0) is 0 Å². The van der Waals surface area contributed by atoms with Gasteiger partial charge in [0.25, 0.3) is 0 Å². The van der Waals surface area contributed by atoms with Crippen molar-refractivity contribution in [3.63, 3.8) is 0 Å². The molecule has 0 fully saturated rings. The van der Waals surface area contributed by atoms with Crippen LogP contribution in [0.3, 0.4) is 0 Å². The van der Waals surface area contributed by atoms with E-state index in [1.807, 2.05) is 49.4 Å². The third kappa shape index (κ3) is 2.89. The van der Waals surface area contributed by atoms with E-state index in [2.05, 4.69) is 5.43 Å². The highest BCUT2D eigenvalue weighted by Gasteiger charge is 2.16. The van der Waals surface area contributed by atoms with Crippen molar-refractivity contribution in [3.8, 4) is 5.75 Å². The van der Waals surface area contributed by atoms with Crippen molar-refractivity contribution in [1.29, 1.82) is 0 Å². The maximum absolute atomic E-state index is 6.35. The minimum atomic E-state index is -0.140. The summed E-state index contributed by atoms with van der Waals surface area (Å²) in [6.07, 6.45) is 0. The second kappa shape index (κ2) is 6.06. The van der Waals surface area contributed by atoms with E-state index in [1.54, 1.807) is 7.11 Å². The quantitative estimate of drug-likeness (QED) is 0.666. The lowest BCUT2D eigenvalue weighted by Gasteiger charge is -2.19. The van der Waals surface area contributed by atoms with Crippen LogP contribution in [0, 0.1) is 6.92 Å². The van der Waals surface area contributed by atoms with Crippen LogP contribution in [0.25, 0.3) is 0 Å². The second-order valence-electron chi connectivity index (χ2n) is 4.35. The summed E-state index contributed by atoms with van der Waals surface area (Å²) in [4.78, 5) is 0. The molecule has 3 nitrogen and oxygen atoms in total. The van der Waals surface area contributed by atoms with Crippen molar-refractivity contribution in [2.24, 2.45) is 5.84 Å². The minimum absolute atomic E-state index is 0.140. The van der Waals surface area contributed by atoms with Crippen molar-refractivity contribution < 1.29 is 4.74 Å². The number of ether oxygens (including phenoxy) is 1. The zero-order chi connectivity index (χ0) is 13.8. The summed E-state index contributed by atoms with van der Waals surface area (Å²) >= 11 is 6.35. The van der Waals surface area contributed by atoms with Crippen molar-refractivity contribution in [2.45, 2.75) is 13.0 Å². The Kier molecular flexibility index (Phi) is 4.43. The van der Waals surface area contributed by atoms with Gasteiger partial charge in [-0.1, -0.05) is 41.9 Å². The average molecular weight is 277 g/mol. The molecule has 0 aliphatic carbocycles. The second-order valence-corrected chi connectivity index (χ2v) is 4.73. The van der Waals surface area contributed by atoms with E-state index in [9.17, 15) is 0 Å². The summed E-state index contributed by atoms with van der Waals surface area (Å²) in [5.74, 6) is 6.50. The summed E-state index contributed by atoms with van der Waals surface area (Å²) in [5, 5.41) is 0.737. The summed E-state index contributed by atoms with van der Waals surface area (Å²) in [5.41, 5.74) is 5.85. The highest BCUT2D eigenvalue weighted by Crippen LogP contribution is 2.30. The maximum Gasteiger partial charge on any atom is 0.118 e. The number of aryl methyl sites for hydroxylation is 1. The van der Waals surface area contributed by atoms with Crippen LogP contribution < -0.4 is 16.0 Å². The lowest BCUT2D eigenvalue weighted by atomic mass is 9.97. The molecule has 0 spiro atoms. The number of halogens is 1. The molecule has 0 amide bonds. The first kappa shape index (κ1) is 13.9. The molecule has 0 aromatic heterocycles. The van der Waals surface area contributed by atoms with E-state index in [0.717, 1.165) is 27.5 Å². The Morgan fingerprint density at radius 3 is 2.42 bits per heavy atom. The third-order valence-electron chi connectivity index (χ3n) is 3.15. The molecule has 0 heterocycles. The van der Waals surface area contributed by atoms with Gasteiger partial charge in [-0.2, -0.15) is 0 Å². The summed E-state index contributed by atoms with van der Waals surface area (Å²) in [7, 11) is 1.64. The van der Waals surface area contributed by atoms with Crippen LogP contribution in [0.15, 0.2) is 42.5 Å². The normalized spacial score (nSPS) is 12.2.